The molecule has 0 saturated heterocycles. The minimum Gasteiger partial charge on any atom is -0.465 e. The molecule has 0 heterocycles. The van der Waals surface area contributed by atoms with Gasteiger partial charge >= 0.3 is 11.9 Å². The molecule has 0 fully saturated rings. The van der Waals surface area contributed by atoms with Crippen molar-refractivity contribution < 1.29 is 23.9 Å². The summed E-state index contributed by atoms with van der Waals surface area (Å²) in [6.07, 6.45) is 0.731. The van der Waals surface area contributed by atoms with Crippen molar-refractivity contribution in [3.05, 3.63) is 59.2 Å². The van der Waals surface area contributed by atoms with Crippen LogP contribution in [0.3, 0.4) is 0 Å². The van der Waals surface area contributed by atoms with Gasteiger partial charge in [-0.25, -0.2) is 9.59 Å². The molecule has 0 unspecified atom stereocenters. The average molecular weight is 298 g/mol. The van der Waals surface area contributed by atoms with Gasteiger partial charge in [-0.1, -0.05) is 18.2 Å². The smallest absolute Gasteiger partial charge is 0.337 e. The van der Waals surface area contributed by atoms with Gasteiger partial charge in [0.25, 0.3) is 0 Å². The second kappa shape index (κ2) is 6.67. The molecule has 22 heavy (non-hydrogen) atoms. The molecule has 2 aromatic carbocycles. The number of benzene rings is 2. The van der Waals surface area contributed by atoms with E-state index in [4.69, 9.17) is 9.47 Å². The van der Waals surface area contributed by atoms with E-state index >= 15 is 0 Å². The van der Waals surface area contributed by atoms with Crippen LogP contribution in [-0.4, -0.2) is 32.4 Å². The molecule has 5 nitrogen and oxygen atoms in total. The first-order valence-corrected chi connectivity index (χ1v) is 6.46. The van der Waals surface area contributed by atoms with Crippen LogP contribution >= 0.6 is 0 Å². The molecule has 2 aromatic rings. The molecule has 0 amide bonds. The molecule has 0 radical (unpaired) electrons. The third-order valence-corrected chi connectivity index (χ3v) is 3.13. The molecule has 0 atom stereocenters. The summed E-state index contributed by atoms with van der Waals surface area (Å²) in [5.41, 5.74) is 2.29. The van der Waals surface area contributed by atoms with E-state index in [2.05, 4.69) is 0 Å². The molecule has 0 spiro atoms. The van der Waals surface area contributed by atoms with Crippen molar-refractivity contribution in [1.82, 2.24) is 0 Å². The van der Waals surface area contributed by atoms with Gasteiger partial charge in [-0.2, -0.15) is 0 Å². The van der Waals surface area contributed by atoms with Gasteiger partial charge in [0, 0.05) is 5.56 Å². The largest absolute Gasteiger partial charge is 0.465 e. The van der Waals surface area contributed by atoms with E-state index in [0.717, 1.165) is 6.29 Å². The molecule has 2 rings (SSSR count). The third-order valence-electron chi connectivity index (χ3n) is 3.13. The standard InChI is InChI=1S/C17H14O5/c1-21-16(19)14-7-13(8-15(9-14)17(20)22-2)12-5-3-4-11(6-12)10-18/h3-10H,1-2H3. The maximum Gasteiger partial charge on any atom is 0.337 e. The minimum atomic E-state index is -0.557. The molecular weight excluding hydrogens is 284 g/mol. The minimum absolute atomic E-state index is 0.233. The Labute approximate surface area is 127 Å². The van der Waals surface area contributed by atoms with Crippen molar-refractivity contribution >= 4 is 18.2 Å². The van der Waals surface area contributed by atoms with E-state index in [0.29, 0.717) is 16.7 Å². The summed E-state index contributed by atoms with van der Waals surface area (Å²) >= 11 is 0. The van der Waals surface area contributed by atoms with Crippen LogP contribution in [0.2, 0.25) is 0 Å². The zero-order valence-electron chi connectivity index (χ0n) is 12.2. The quantitative estimate of drug-likeness (QED) is 0.641. The average Bonchev–Trinajstić information content (AvgIpc) is 2.59. The van der Waals surface area contributed by atoms with Crippen LogP contribution < -0.4 is 0 Å². The van der Waals surface area contributed by atoms with Crippen molar-refractivity contribution in [1.29, 1.82) is 0 Å². The highest BCUT2D eigenvalue weighted by molar-refractivity contribution is 5.97. The molecule has 5 heteroatoms. The van der Waals surface area contributed by atoms with Crippen LogP contribution in [0.1, 0.15) is 31.1 Å². The number of hydrogen-bond acceptors (Lipinski definition) is 5. The lowest BCUT2D eigenvalue weighted by atomic mass is 9.98. The summed E-state index contributed by atoms with van der Waals surface area (Å²) in [6.45, 7) is 0. The summed E-state index contributed by atoms with van der Waals surface area (Å²) in [7, 11) is 2.53. The molecule has 0 N–H and O–H groups in total. The summed E-state index contributed by atoms with van der Waals surface area (Å²) in [6, 6.07) is 11.5. The monoisotopic (exact) mass is 298 g/mol. The number of carbonyl (C=O) groups is 3. The number of aldehydes is 1. The fourth-order valence-electron chi connectivity index (χ4n) is 2.06. The fraction of sp³-hybridized carbons (Fsp3) is 0.118. The maximum atomic E-state index is 11.8. The number of methoxy groups -OCH3 is 2. The van der Waals surface area contributed by atoms with Crippen LogP contribution in [0.25, 0.3) is 11.1 Å². The first kappa shape index (κ1) is 15.4. The van der Waals surface area contributed by atoms with Gasteiger partial charge in [0.05, 0.1) is 25.3 Å². The Morgan fingerprint density at radius 2 is 1.45 bits per heavy atom. The van der Waals surface area contributed by atoms with Crippen molar-refractivity contribution in [3.8, 4) is 11.1 Å². The number of carbonyl (C=O) groups excluding carboxylic acids is 3. The third kappa shape index (κ3) is 3.20. The molecular formula is C17H14O5. The Morgan fingerprint density at radius 1 is 0.864 bits per heavy atom. The number of ether oxygens (including phenoxy) is 2. The highest BCUT2D eigenvalue weighted by Gasteiger charge is 2.14. The molecule has 0 aliphatic heterocycles. The van der Waals surface area contributed by atoms with Gasteiger partial charge in [-0.3, -0.25) is 4.79 Å². The van der Waals surface area contributed by atoms with Crippen molar-refractivity contribution in [2.24, 2.45) is 0 Å². The first-order chi connectivity index (χ1) is 10.6. The highest BCUT2D eigenvalue weighted by Crippen LogP contribution is 2.24. The van der Waals surface area contributed by atoms with E-state index < -0.39 is 11.9 Å². The zero-order valence-corrected chi connectivity index (χ0v) is 12.2. The second-order valence-electron chi connectivity index (χ2n) is 4.53. The van der Waals surface area contributed by atoms with Gasteiger partial charge in [-0.15, -0.1) is 0 Å². The number of hydrogen-bond donors (Lipinski definition) is 0. The second-order valence-corrected chi connectivity index (χ2v) is 4.53. The summed E-state index contributed by atoms with van der Waals surface area (Å²) < 4.78 is 9.39. The van der Waals surface area contributed by atoms with E-state index in [1.54, 1.807) is 36.4 Å². The van der Waals surface area contributed by atoms with E-state index in [1.807, 2.05) is 0 Å². The fourth-order valence-corrected chi connectivity index (χ4v) is 2.06. The Morgan fingerprint density at radius 3 is 1.95 bits per heavy atom. The molecule has 0 bridgehead atoms. The lowest BCUT2D eigenvalue weighted by Crippen LogP contribution is -2.07. The van der Waals surface area contributed by atoms with Crippen LogP contribution in [0, 0.1) is 0 Å². The van der Waals surface area contributed by atoms with Gasteiger partial charge in [-0.05, 0) is 35.4 Å². The molecule has 0 aliphatic rings. The lowest BCUT2D eigenvalue weighted by Gasteiger charge is -2.08. The van der Waals surface area contributed by atoms with Crippen molar-refractivity contribution in [2.45, 2.75) is 0 Å². The van der Waals surface area contributed by atoms with Gasteiger partial charge in [0.2, 0.25) is 0 Å². The first-order valence-electron chi connectivity index (χ1n) is 6.46. The van der Waals surface area contributed by atoms with Gasteiger partial charge in [0.1, 0.15) is 6.29 Å². The van der Waals surface area contributed by atoms with Crippen molar-refractivity contribution in [3.63, 3.8) is 0 Å². The van der Waals surface area contributed by atoms with Gasteiger partial charge < -0.3 is 9.47 Å². The van der Waals surface area contributed by atoms with E-state index in [1.165, 1.54) is 20.3 Å². The maximum absolute atomic E-state index is 11.8. The Bertz CT molecular complexity index is 699. The highest BCUT2D eigenvalue weighted by atomic mass is 16.5. The Balaban J connectivity index is 2.60. The summed E-state index contributed by atoms with van der Waals surface area (Å²) in [4.78, 5) is 34.4. The molecule has 0 saturated carbocycles. The van der Waals surface area contributed by atoms with Crippen LogP contribution in [0.5, 0.6) is 0 Å². The van der Waals surface area contributed by atoms with E-state index in [-0.39, 0.29) is 11.1 Å². The molecule has 112 valence electrons. The topological polar surface area (TPSA) is 69.7 Å². The van der Waals surface area contributed by atoms with Crippen LogP contribution in [0.15, 0.2) is 42.5 Å². The van der Waals surface area contributed by atoms with Gasteiger partial charge in [0.15, 0.2) is 0 Å². The predicted octanol–water partition coefficient (Wildman–Crippen LogP) is 2.74. The lowest BCUT2D eigenvalue weighted by molar-refractivity contribution is 0.0599. The number of rotatable bonds is 4. The summed E-state index contributed by atoms with van der Waals surface area (Å²) in [5, 5.41) is 0. The summed E-state index contributed by atoms with van der Waals surface area (Å²) in [5.74, 6) is -1.11. The SMILES string of the molecule is COC(=O)c1cc(C(=O)OC)cc(-c2cccc(C=O)c2)c1. The predicted molar refractivity (Wildman–Crippen MR) is 79.9 cm³/mol. The molecule has 0 aromatic heterocycles. The van der Waals surface area contributed by atoms with Crippen molar-refractivity contribution in [2.75, 3.05) is 14.2 Å². The van der Waals surface area contributed by atoms with E-state index in [9.17, 15) is 14.4 Å². The zero-order chi connectivity index (χ0) is 16.1. The Hall–Kier alpha value is -2.95. The Kier molecular flexibility index (Phi) is 4.68. The number of esters is 2. The van der Waals surface area contributed by atoms with Crippen LogP contribution in [-0.2, 0) is 9.47 Å². The molecule has 0 aliphatic carbocycles. The normalized spacial score (nSPS) is 9.91. The van der Waals surface area contributed by atoms with Crippen LogP contribution in [0.4, 0.5) is 0 Å².